The standard InChI is InChI=1S/C8H11FN2O/c9-3-4-12-8-2-1-7(5-10)11-6-8/h1-2,6H,3-5,10H2. The molecule has 0 unspecified atom stereocenters. The zero-order valence-electron chi connectivity index (χ0n) is 6.66. The van der Waals surface area contributed by atoms with E-state index >= 15 is 0 Å². The van der Waals surface area contributed by atoms with Gasteiger partial charge in [0.2, 0.25) is 0 Å². The predicted octanol–water partition coefficient (Wildman–Crippen LogP) is 0.889. The number of alkyl halides is 1. The molecule has 0 aliphatic carbocycles. The Morgan fingerprint density at radius 1 is 1.50 bits per heavy atom. The van der Waals surface area contributed by atoms with Crippen molar-refractivity contribution in [1.29, 1.82) is 0 Å². The molecule has 0 atom stereocenters. The van der Waals surface area contributed by atoms with Crippen LogP contribution in [-0.4, -0.2) is 18.3 Å². The van der Waals surface area contributed by atoms with Crippen molar-refractivity contribution in [3.05, 3.63) is 24.0 Å². The van der Waals surface area contributed by atoms with Gasteiger partial charge < -0.3 is 10.5 Å². The summed E-state index contributed by atoms with van der Waals surface area (Å²) in [5.41, 5.74) is 6.13. The van der Waals surface area contributed by atoms with E-state index in [0.29, 0.717) is 12.3 Å². The summed E-state index contributed by atoms with van der Waals surface area (Å²) in [6, 6.07) is 3.48. The van der Waals surface area contributed by atoms with Crippen LogP contribution in [0.15, 0.2) is 18.3 Å². The second kappa shape index (κ2) is 4.66. The molecular weight excluding hydrogens is 159 g/mol. The van der Waals surface area contributed by atoms with Gasteiger partial charge in [0.1, 0.15) is 19.0 Å². The van der Waals surface area contributed by atoms with E-state index in [0.717, 1.165) is 5.69 Å². The Morgan fingerprint density at radius 3 is 2.83 bits per heavy atom. The summed E-state index contributed by atoms with van der Waals surface area (Å²) >= 11 is 0. The molecule has 2 N–H and O–H groups in total. The van der Waals surface area contributed by atoms with Gasteiger partial charge in [0.15, 0.2) is 0 Å². The van der Waals surface area contributed by atoms with Crippen molar-refractivity contribution in [2.45, 2.75) is 6.54 Å². The first-order chi connectivity index (χ1) is 5.86. The van der Waals surface area contributed by atoms with Crippen LogP contribution in [0.1, 0.15) is 5.69 Å². The Morgan fingerprint density at radius 2 is 2.33 bits per heavy atom. The van der Waals surface area contributed by atoms with Crippen LogP contribution in [0, 0.1) is 0 Å². The Hall–Kier alpha value is -1.16. The first-order valence-corrected chi connectivity index (χ1v) is 3.70. The molecule has 1 heterocycles. The minimum absolute atomic E-state index is 0.0731. The quantitative estimate of drug-likeness (QED) is 0.730. The average Bonchev–Trinajstić information content (AvgIpc) is 2.15. The predicted molar refractivity (Wildman–Crippen MR) is 43.6 cm³/mol. The Balaban J connectivity index is 2.53. The van der Waals surface area contributed by atoms with Gasteiger partial charge in [0, 0.05) is 6.54 Å². The Bertz CT molecular complexity index is 225. The summed E-state index contributed by atoms with van der Waals surface area (Å²) in [5, 5.41) is 0. The molecule has 0 saturated carbocycles. The van der Waals surface area contributed by atoms with Crippen molar-refractivity contribution in [3.8, 4) is 5.75 Å². The van der Waals surface area contributed by atoms with Gasteiger partial charge in [0.25, 0.3) is 0 Å². The zero-order valence-corrected chi connectivity index (χ0v) is 6.66. The fourth-order valence-electron chi connectivity index (χ4n) is 0.773. The van der Waals surface area contributed by atoms with E-state index < -0.39 is 6.67 Å². The molecule has 1 aromatic rings. The smallest absolute Gasteiger partial charge is 0.137 e. The number of halogens is 1. The number of aromatic nitrogens is 1. The highest BCUT2D eigenvalue weighted by molar-refractivity contribution is 5.19. The minimum atomic E-state index is -0.487. The molecule has 66 valence electrons. The van der Waals surface area contributed by atoms with E-state index in [4.69, 9.17) is 10.5 Å². The highest BCUT2D eigenvalue weighted by Crippen LogP contribution is 2.08. The molecule has 0 amide bonds. The van der Waals surface area contributed by atoms with Crippen LogP contribution in [0.25, 0.3) is 0 Å². The number of nitrogens with two attached hydrogens (primary N) is 1. The maximum absolute atomic E-state index is 11.7. The molecule has 0 saturated heterocycles. The summed E-state index contributed by atoms with van der Waals surface area (Å²) in [4.78, 5) is 3.98. The van der Waals surface area contributed by atoms with Crippen molar-refractivity contribution < 1.29 is 9.13 Å². The van der Waals surface area contributed by atoms with Gasteiger partial charge in [-0.25, -0.2) is 4.39 Å². The molecule has 0 spiro atoms. The lowest BCUT2D eigenvalue weighted by atomic mass is 10.3. The van der Waals surface area contributed by atoms with E-state index in [-0.39, 0.29) is 6.61 Å². The number of rotatable bonds is 4. The lowest BCUT2D eigenvalue weighted by Crippen LogP contribution is -2.01. The third kappa shape index (κ3) is 2.47. The molecule has 1 aromatic heterocycles. The fourth-order valence-corrected chi connectivity index (χ4v) is 0.773. The van der Waals surface area contributed by atoms with E-state index in [1.165, 1.54) is 6.20 Å². The topological polar surface area (TPSA) is 48.1 Å². The summed E-state index contributed by atoms with van der Waals surface area (Å²) in [7, 11) is 0. The molecule has 12 heavy (non-hydrogen) atoms. The van der Waals surface area contributed by atoms with E-state index in [2.05, 4.69) is 4.98 Å². The SMILES string of the molecule is NCc1ccc(OCCF)cn1. The maximum atomic E-state index is 11.7. The number of hydrogen-bond acceptors (Lipinski definition) is 3. The van der Waals surface area contributed by atoms with E-state index in [1.807, 2.05) is 0 Å². The molecule has 0 aromatic carbocycles. The van der Waals surface area contributed by atoms with E-state index in [9.17, 15) is 4.39 Å². The lowest BCUT2D eigenvalue weighted by Gasteiger charge is -2.02. The third-order valence-electron chi connectivity index (χ3n) is 1.35. The Labute approximate surface area is 70.4 Å². The molecular formula is C8H11FN2O. The van der Waals surface area contributed by atoms with Gasteiger partial charge in [0.05, 0.1) is 11.9 Å². The van der Waals surface area contributed by atoms with Gasteiger partial charge in [-0.2, -0.15) is 0 Å². The maximum Gasteiger partial charge on any atom is 0.137 e. The monoisotopic (exact) mass is 170 g/mol. The molecule has 4 heteroatoms. The van der Waals surface area contributed by atoms with Crippen LogP contribution >= 0.6 is 0 Å². The van der Waals surface area contributed by atoms with Gasteiger partial charge in [-0.05, 0) is 12.1 Å². The normalized spacial score (nSPS) is 9.83. The molecule has 0 radical (unpaired) electrons. The molecule has 0 aliphatic heterocycles. The summed E-state index contributed by atoms with van der Waals surface area (Å²) < 4.78 is 16.6. The summed E-state index contributed by atoms with van der Waals surface area (Å²) in [5.74, 6) is 0.574. The van der Waals surface area contributed by atoms with Gasteiger partial charge in [-0.3, -0.25) is 4.98 Å². The second-order valence-corrected chi connectivity index (χ2v) is 2.23. The molecule has 0 fully saturated rings. The van der Waals surface area contributed by atoms with Crippen LogP contribution < -0.4 is 10.5 Å². The van der Waals surface area contributed by atoms with Crippen LogP contribution in [0.3, 0.4) is 0 Å². The van der Waals surface area contributed by atoms with Crippen LogP contribution in [0.2, 0.25) is 0 Å². The van der Waals surface area contributed by atoms with Gasteiger partial charge in [-0.15, -0.1) is 0 Å². The molecule has 0 bridgehead atoms. The third-order valence-corrected chi connectivity index (χ3v) is 1.35. The van der Waals surface area contributed by atoms with Gasteiger partial charge >= 0.3 is 0 Å². The van der Waals surface area contributed by atoms with E-state index in [1.54, 1.807) is 12.1 Å². The second-order valence-electron chi connectivity index (χ2n) is 2.23. The van der Waals surface area contributed by atoms with Crippen molar-refractivity contribution >= 4 is 0 Å². The van der Waals surface area contributed by atoms with Crippen molar-refractivity contribution in [2.24, 2.45) is 5.73 Å². The largest absolute Gasteiger partial charge is 0.489 e. The number of hydrogen-bond donors (Lipinski definition) is 1. The van der Waals surface area contributed by atoms with Crippen LogP contribution in [0.5, 0.6) is 5.75 Å². The van der Waals surface area contributed by atoms with Crippen molar-refractivity contribution in [1.82, 2.24) is 4.98 Å². The number of nitrogens with zero attached hydrogens (tertiary/aromatic N) is 1. The van der Waals surface area contributed by atoms with Gasteiger partial charge in [-0.1, -0.05) is 0 Å². The highest BCUT2D eigenvalue weighted by Gasteiger charge is 1.94. The first kappa shape index (κ1) is 8.93. The van der Waals surface area contributed by atoms with Crippen LogP contribution in [0.4, 0.5) is 4.39 Å². The molecule has 1 rings (SSSR count). The van der Waals surface area contributed by atoms with Crippen LogP contribution in [-0.2, 0) is 6.54 Å². The first-order valence-electron chi connectivity index (χ1n) is 3.70. The zero-order chi connectivity index (χ0) is 8.81. The molecule has 0 aliphatic rings. The summed E-state index contributed by atoms with van der Waals surface area (Å²) in [6.45, 7) is -0.00825. The minimum Gasteiger partial charge on any atom is -0.489 e. The lowest BCUT2D eigenvalue weighted by molar-refractivity contribution is 0.272. The molecule has 3 nitrogen and oxygen atoms in total. The average molecular weight is 170 g/mol. The number of ether oxygens (including phenoxy) is 1. The number of pyridine rings is 1. The van der Waals surface area contributed by atoms with Crippen molar-refractivity contribution in [3.63, 3.8) is 0 Å². The summed E-state index contributed by atoms with van der Waals surface area (Å²) in [6.07, 6.45) is 1.54. The van der Waals surface area contributed by atoms with Crippen molar-refractivity contribution in [2.75, 3.05) is 13.3 Å². The fraction of sp³-hybridized carbons (Fsp3) is 0.375. The highest BCUT2D eigenvalue weighted by atomic mass is 19.1. The Kier molecular flexibility index (Phi) is 3.47.